The Morgan fingerprint density at radius 2 is 1.33 bits per heavy atom. The molecule has 0 atom stereocenters. The van der Waals surface area contributed by atoms with Crippen LogP contribution >= 0.6 is 0 Å². The summed E-state index contributed by atoms with van der Waals surface area (Å²) in [5.41, 5.74) is -2.97. The zero-order valence-corrected chi connectivity index (χ0v) is 11.9. The molecule has 0 saturated carbocycles. The van der Waals surface area contributed by atoms with E-state index in [9.17, 15) is 31.1 Å². The van der Waals surface area contributed by atoms with Crippen LogP contribution in [0.4, 0.5) is 32.0 Å². The van der Waals surface area contributed by atoms with Gasteiger partial charge in [0.15, 0.2) is 0 Å². The molecule has 0 fully saturated rings. The monoisotopic (exact) mass is 346 g/mol. The molecule has 0 aromatic heterocycles. The van der Waals surface area contributed by atoms with Crippen molar-refractivity contribution in [2.45, 2.75) is 18.9 Å². The van der Waals surface area contributed by atoms with Gasteiger partial charge in [0, 0.05) is 5.69 Å². The average Bonchev–Trinajstić information content (AvgIpc) is 2.51. The van der Waals surface area contributed by atoms with Gasteiger partial charge in [0.25, 0.3) is 0 Å². The molecule has 0 spiro atoms. The van der Waals surface area contributed by atoms with Crippen molar-refractivity contribution >= 4 is 12.1 Å². The lowest BCUT2D eigenvalue weighted by Crippen LogP contribution is -2.22. The first-order valence-corrected chi connectivity index (χ1v) is 6.60. The van der Waals surface area contributed by atoms with Gasteiger partial charge in [0.05, 0.1) is 17.7 Å². The first-order chi connectivity index (χ1) is 11.1. The lowest BCUT2D eigenvalue weighted by atomic mass is 10.1. The SMILES string of the molecule is O=[C]N(Cc1ccccc1)c1cc(C(F)(F)F)cc(C(F)(F)F)c1. The second-order valence-corrected chi connectivity index (χ2v) is 4.93. The first kappa shape index (κ1) is 17.8. The van der Waals surface area contributed by atoms with Crippen molar-refractivity contribution in [1.29, 1.82) is 0 Å². The highest BCUT2D eigenvalue weighted by Crippen LogP contribution is 2.38. The zero-order chi connectivity index (χ0) is 18.0. The Balaban J connectivity index is 2.48. The van der Waals surface area contributed by atoms with E-state index in [1.165, 1.54) is 6.41 Å². The summed E-state index contributed by atoms with van der Waals surface area (Å²) in [7, 11) is 0. The first-order valence-electron chi connectivity index (χ1n) is 6.60. The number of carbonyl (C=O) groups excluding carboxylic acids is 1. The maximum Gasteiger partial charge on any atom is 0.416 e. The molecule has 0 saturated heterocycles. The Hall–Kier alpha value is -2.51. The van der Waals surface area contributed by atoms with Gasteiger partial charge < -0.3 is 0 Å². The van der Waals surface area contributed by atoms with E-state index in [0.717, 1.165) is 0 Å². The predicted octanol–water partition coefficient (Wildman–Crippen LogP) is 4.80. The molecule has 0 unspecified atom stereocenters. The van der Waals surface area contributed by atoms with Crippen LogP contribution < -0.4 is 4.90 Å². The Morgan fingerprint density at radius 3 is 1.75 bits per heavy atom. The van der Waals surface area contributed by atoms with E-state index in [-0.39, 0.29) is 12.6 Å². The molecule has 127 valence electrons. The normalized spacial score (nSPS) is 12.1. The average molecular weight is 346 g/mol. The van der Waals surface area contributed by atoms with E-state index in [0.29, 0.717) is 22.6 Å². The van der Waals surface area contributed by atoms with Crippen molar-refractivity contribution in [3.63, 3.8) is 0 Å². The van der Waals surface area contributed by atoms with E-state index in [2.05, 4.69) is 0 Å². The zero-order valence-electron chi connectivity index (χ0n) is 11.9. The number of amides is 1. The third kappa shape index (κ3) is 4.27. The van der Waals surface area contributed by atoms with Gasteiger partial charge in [-0.05, 0) is 23.8 Å². The third-order valence-corrected chi connectivity index (χ3v) is 3.18. The van der Waals surface area contributed by atoms with Crippen LogP contribution in [0.25, 0.3) is 0 Å². The molecule has 0 aliphatic carbocycles. The fraction of sp³-hybridized carbons (Fsp3) is 0.188. The van der Waals surface area contributed by atoms with Gasteiger partial charge in [-0.2, -0.15) is 26.3 Å². The van der Waals surface area contributed by atoms with Crippen LogP contribution in [0.15, 0.2) is 48.5 Å². The summed E-state index contributed by atoms with van der Waals surface area (Å²) >= 11 is 0. The Labute approximate surface area is 133 Å². The second kappa shape index (κ2) is 6.54. The molecule has 24 heavy (non-hydrogen) atoms. The topological polar surface area (TPSA) is 20.3 Å². The fourth-order valence-electron chi connectivity index (χ4n) is 2.04. The van der Waals surface area contributed by atoms with E-state index >= 15 is 0 Å². The number of hydrogen-bond donors (Lipinski definition) is 0. The van der Waals surface area contributed by atoms with Crippen molar-refractivity contribution in [2.24, 2.45) is 0 Å². The van der Waals surface area contributed by atoms with Crippen molar-refractivity contribution in [2.75, 3.05) is 4.90 Å². The molecule has 0 aliphatic heterocycles. The maximum absolute atomic E-state index is 12.8. The van der Waals surface area contributed by atoms with E-state index in [4.69, 9.17) is 0 Å². The third-order valence-electron chi connectivity index (χ3n) is 3.18. The highest BCUT2D eigenvalue weighted by molar-refractivity contribution is 5.76. The Morgan fingerprint density at radius 1 is 0.833 bits per heavy atom. The van der Waals surface area contributed by atoms with Crippen molar-refractivity contribution in [3.8, 4) is 0 Å². The van der Waals surface area contributed by atoms with Gasteiger partial charge in [-0.25, -0.2) is 0 Å². The van der Waals surface area contributed by atoms with Crippen LogP contribution in [-0.4, -0.2) is 6.41 Å². The molecule has 0 N–H and O–H groups in total. The van der Waals surface area contributed by atoms with Crippen molar-refractivity contribution in [1.82, 2.24) is 0 Å². The number of anilines is 1. The number of halogens is 6. The second-order valence-electron chi connectivity index (χ2n) is 4.93. The van der Waals surface area contributed by atoms with Gasteiger partial charge in [0.2, 0.25) is 0 Å². The highest BCUT2D eigenvalue weighted by Gasteiger charge is 2.37. The molecular weight excluding hydrogens is 336 g/mol. The summed E-state index contributed by atoms with van der Waals surface area (Å²) in [6.45, 7) is -0.205. The summed E-state index contributed by atoms with van der Waals surface area (Å²) in [5.74, 6) is 0. The largest absolute Gasteiger partial charge is 0.416 e. The molecule has 0 bridgehead atoms. The van der Waals surface area contributed by atoms with Crippen molar-refractivity contribution in [3.05, 3.63) is 65.2 Å². The lowest BCUT2D eigenvalue weighted by Gasteiger charge is -2.20. The number of rotatable bonds is 4. The summed E-state index contributed by atoms with van der Waals surface area (Å²) < 4.78 is 77.1. The molecule has 1 amide bonds. The van der Waals surface area contributed by atoms with Crippen LogP contribution in [0, 0.1) is 0 Å². The van der Waals surface area contributed by atoms with Crippen LogP contribution in [-0.2, 0) is 23.7 Å². The van der Waals surface area contributed by atoms with Crippen LogP contribution in [0.1, 0.15) is 16.7 Å². The molecule has 2 nitrogen and oxygen atoms in total. The Kier molecular flexibility index (Phi) is 4.86. The molecule has 2 aromatic rings. The van der Waals surface area contributed by atoms with Crippen LogP contribution in [0.3, 0.4) is 0 Å². The van der Waals surface area contributed by atoms with Gasteiger partial charge in [-0.3, -0.25) is 9.69 Å². The summed E-state index contributed by atoms with van der Waals surface area (Å²) in [4.78, 5) is 11.7. The summed E-state index contributed by atoms with van der Waals surface area (Å²) in [6.07, 6.45) is -8.58. The minimum absolute atomic E-state index is 0.00893. The molecule has 0 aliphatic rings. The predicted molar refractivity (Wildman–Crippen MR) is 74.8 cm³/mol. The van der Waals surface area contributed by atoms with Gasteiger partial charge in [0.1, 0.15) is 0 Å². The van der Waals surface area contributed by atoms with Gasteiger partial charge in [-0.15, -0.1) is 0 Å². The molecule has 2 rings (SSSR count). The van der Waals surface area contributed by atoms with E-state index < -0.39 is 29.2 Å². The Bertz CT molecular complexity index is 676. The molecule has 8 heteroatoms. The van der Waals surface area contributed by atoms with Gasteiger partial charge in [-0.1, -0.05) is 30.3 Å². The van der Waals surface area contributed by atoms with Crippen LogP contribution in [0.2, 0.25) is 0 Å². The summed E-state index contributed by atoms with van der Waals surface area (Å²) in [6, 6.07) is 9.11. The molecule has 0 heterocycles. The molecular formula is C16H10F6NO. The van der Waals surface area contributed by atoms with E-state index in [1.807, 2.05) is 0 Å². The smallest absolute Gasteiger partial charge is 0.300 e. The van der Waals surface area contributed by atoms with Gasteiger partial charge >= 0.3 is 18.8 Å². The fourth-order valence-corrected chi connectivity index (χ4v) is 2.04. The molecule has 2 aromatic carbocycles. The number of alkyl halides is 6. The highest BCUT2D eigenvalue weighted by atomic mass is 19.4. The lowest BCUT2D eigenvalue weighted by molar-refractivity contribution is -0.143. The quantitative estimate of drug-likeness (QED) is 0.575. The maximum atomic E-state index is 12.8. The number of nitrogens with zero attached hydrogens (tertiary/aromatic N) is 1. The van der Waals surface area contributed by atoms with E-state index in [1.54, 1.807) is 30.3 Å². The number of hydrogen-bond acceptors (Lipinski definition) is 1. The summed E-state index contributed by atoms with van der Waals surface area (Å²) in [5, 5.41) is 0. The van der Waals surface area contributed by atoms with Crippen molar-refractivity contribution < 1.29 is 31.1 Å². The minimum atomic E-state index is -4.97. The van der Waals surface area contributed by atoms with Crippen LogP contribution in [0.5, 0.6) is 0 Å². The standard InChI is InChI=1S/C16H10F6NO/c17-15(18,19)12-6-13(16(20,21)22)8-14(7-12)23(10-24)9-11-4-2-1-3-5-11/h1-8H,9H2. The molecule has 1 radical (unpaired) electrons. The number of benzene rings is 2. The minimum Gasteiger partial charge on any atom is -0.300 e.